The van der Waals surface area contributed by atoms with Crippen LogP contribution in [0.15, 0.2) is 38.7 Å². The Morgan fingerprint density at radius 2 is 2.22 bits per heavy atom. The minimum atomic E-state index is 0.634. The quantitative estimate of drug-likeness (QED) is 0.554. The second-order valence-corrected chi connectivity index (χ2v) is 8.10. The highest BCUT2D eigenvalue weighted by atomic mass is 79.9. The Balaban J connectivity index is 1.81. The van der Waals surface area contributed by atoms with Crippen LogP contribution in [0.25, 0.3) is 11.6 Å². The summed E-state index contributed by atoms with van der Waals surface area (Å²) in [5.41, 5.74) is 0. The molecule has 0 N–H and O–H groups in total. The van der Waals surface area contributed by atoms with E-state index in [-0.39, 0.29) is 0 Å². The monoisotopic (exact) mass is 412 g/mol. The van der Waals surface area contributed by atoms with Gasteiger partial charge in [0.2, 0.25) is 0 Å². The van der Waals surface area contributed by atoms with Crippen LogP contribution in [-0.2, 0) is 19.8 Å². The van der Waals surface area contributed by atoms with Gasteiger partial charge < -0.3 is 4.42 Å². The highest BCUT2D eigenvalue weighted by molar-refractivity contribution is 9.11. The summed E-state index contributed by atoms with van der Waals surface area (Å²) in [5.74, 6) is 1.51. The van der Waals surface area contributed by atoms with Crippen LogP contribution in [0.2, 0.25) is 0 Å². The molecule has 3 aromatic rings. The molecule has 0 saturated carbocycles. The molecule has 0 fully saturated rings. The lowest BCUT2D eigenvalue weighted by atomic mass is 10.4. The number of hydrogen-bond donors (Lipinski definition) is 0. The molecule has 0 atom stereocenters. The van der Waals surface area contributed by atoms with Gasteiger partial charge >= 0.3 is 0 Å². The first kappa shape index (κ1) is 16.6. The lowest BCUT2D eigenvalue weighted by Gasteiger charge is -2.15. The predicted octanol–water partition coefficient (Wildman–Crippen LogP) is 4.61. The average Bonchev–Trinajstić information content (AvgIpc) is 3.22. The number of nitrogens with zero attached hydrogens (tertiary/aromatic N) is 4. The van der Waals surface area contributed by atoms with Gasteiger partial charge in [-0.2, -0.15) is 0 Å². The number of halogens is 1. The molecule has 0 aliphatic carbocycles. The fraction of sp³-hybridized carbons (Fsp3) is 0.333. The van der Waals surface area contributed by atoms with Gasteiger partial charge in [-0.15, -0.1) is 16.4 Å². The van der Waals surface area contributed by atoms with Crippen molar-refractivity contribution in [2.24, 2.45) is 0 Å². The summed E-state index contributed by atoms with van der Waals surface area (Å²) < 4.78 is 11.2. The molecular weight excluding hydrogens is 396 g/mol. The van der Waals surface area contributed by atoms with Crippen molar-refractivity contribution >= 4 is 39.5 Å². The number of rotatable bonds is 6. The van der Waals surface area contributed by atoms with Crippen LogP contribution in [-0.4, -0.2) is 26.3 Å². The molecule has 23 heavy (non-hydrogen) atoms. The van der Waals surface area contributed by atoms with E-state index in [4.69, 9.17) is 16.6 Å². The maximum atomic E-state index is 5.56. The maximum absolute atomic E-state index is 5.56. The number of aromatic nitrogens is 3. The number of hydrogen-bond acceptors (Lipinski definition) is 5. The summed E-state index contributed by atoms with van der Waals surface area (Å²) in [6.07, 6.45) is 1.65. The molecule has 0 aliphatic rings. The van der Waals surface area contributed by atoms with Gasteiger partial charge in [-0.3, -0.25) is 9.47 Å². The van der Waals surface area contributed by atoms with E-state index in [9.17, 15) is 0 Å². The molecular formula is C15H17BrN4OS2. The molecule has 122 valence electrons. The summed E-state index contributed by atoms with van der Waals surface area (Å²) in [4.78, 5) is 3.49. The molecule has 8 heteroatoms. The van der Waals surface area contributed by atoms with Gasteiger partial charge in [0.1, 0.15) is 0 Å². The second-order valence-electron chi connectivity index (χ2n) is 5.19. The zero-order valence-electron chi connectivity index (χ0n) is 12.9. The molecule has 0 amide bonds. The minimum absolute atomic E-state index is 0.634. The second kappa shape index (κ2) is 7.12. The Hall–Kier alpha value is -1.22. The van der Waals surface area contributed by atoms with Crippen molar-refractivity contribution < 1.29 is 4.42 Å². The van der Waals surface area contributed by atoms with Gasteiger partial charge in [-0.1, -0.05) is 0 Å². The summed E-state index contributed by atoms with van der Waals surface area (Å²) in [5, 5.41) is 4.64. The first-order valence-electron chi connectivity index (χ1n) is 7.22. The molecule has 3 aromatic heterocycles. The van der Waals surface area contributed by atoms with Gasteiger partial charge in [0.15, 0.2) is 16.4 Å². The van der Waals surface area contributed by atoms with Crippen LogP contribution in [0.1, 0.15) is 11.8 Å². The fourth-order valence-electron chi connectivity index (χ4n) is 2.39. The van der Waals surface area contributed by atoms with Gasteiger partial charge in [-0.05, 0) is 66.4 Å². The Labute approximate surface area is 152 Å². The van der Waals surface area contributed by atoms with E-state index in [2.05, 4.69) is 52.0 Å². The first-order chi connectivity index (χ1) is 11.1. The summed E-state index contributed by atoms with van der Waals surface area (Å²) in [6.45, 7) is 4.31. The summed E-state index contributed by atoms with van der Waals surface area (Å²) >= 11 is 10.8. The van der Waals surface area contributed by atoms with Crippen molar-refractivity contribution in [2.75, 3.05) is 7.05 Å². The molecule has 3 heterocycles. The molecule has 5 nitrogen and oxygen atoms in total. The highest BCUT2D eigenvalue weighted by Crippen LogP contribution is 2.23. The lowest BCUT2D eigenvalue weighted by molar-refractivity contribution is 0.246. The van der Waals surface area contributed by atoms with Gasteiger partial charge in [-0.25, -0.2) is 4.68 Å². The van der Waals surface area contributed by atoms with E-state index in [1.807, 2.05) is 21.4 Å². The van der Waals surface area contributed by atoms with Gasteiger partial charge in [0, 0.05) is 18.0 Å². The summed E-state index contributed by atoms with van der Waals surface area (Å²) in [6, 6.07) is 7.96. The molecule has 0 unspecified atom stereocenters. The summed E-state index contributed by atoms with van der Waals surface area (Å²) in [7, 11) is 2.06. The van der Waals surface area contributed by atoms with Crippen LogP contribution in [0.5, 0.6) is 0 Å². The Morgan fingerprint density at radius 1 is 1.39 bits per heavy atom. The maximum Gasteiger partial charge on any atom is 0.199 e. The van der Waals surface area contributed by atoms with E-state index in [0.29, 0.717) is 11.4 Å². The van der Waals surface area contributed by atoms with Crippen LogP contribution in [0.3, 0.4) is 0 Å². The van der Waals surface area contributed by atoms with Crippen LogP contribution >= 0.6 is 39.5 Å². The fourth-order valence-corrected chi connectivity index (χ4v) is 4.27. The predicted molar refractivity (Wildman–Crippen MR) is 97.9 cm³/mol. The van der Waals surface area contributed by atoms with E-state index in [1.165, 1.54) is 4.88 Å². The molecule has 0 aromatic carbocycles. The van der Waals surface area contributed by atoms with E-state index in [0.717, 1.165) is 28.5 Å². The zero-order chi connectivity index (χ0) is 16.4. The van der Waals surface area contributed by atoms with Crippen molar-refractivity contribution in [1.82, 2.24) is 19.2 Å². The molecule has 0 aliphatic heterocycles. The number of thiophene rings is 1. The Kier molecular flexibility index (Phi) is 5.15. The van der Waals surface area contributed by atoms with Crippen molar-refractivity contribution in [2.45, 2.75) is 26.7 Å². The molecule has 0 bridgehead atoms. The van der Waals surface area contributed by atoms with Crippen molar-refractivity contribution in [3.63, 3.8) is 0 Å². The molecule has 0 saturated heterocycles. The normalized spacial score (nSPS) is 11.5. The third-order valence-electron chi connectivity index (χ3n) is 3.41. The van der Waals surface area contributed by atoms with Crippen molar-refractivity contribution in [3.8, 4) is 11.6 Å². The van der Waals surface area contributed by atoms with Gasteiger partial charge in [0.25, 0.3) is 0 Å². The highest BCUT2D eigenvalue weighted by Gasteiger charge is 2.15. The van der Waals surface area contributed by atoms with E-state index < -0.39 is 0 Å². The van der Waals surface area contributed by atoms with Crippen LogP contribution < -0.4 is 0 Å². The third kappa shape index (κ3) is 3.65. The van der Waals surface area contributed by atoms with Crippen LogP contribution in [0, 0.1) is 4.77 Å². The van der Waals surface area contributed by atoms with Crippen molar-refractivity contribution in [3.05, 3.63) is 44.0 Å². The minimum Gasteiger partial charge on any atom is -0.461 e. The van der Waals surface area contributed by atoms with Crippen molar-refractivity contribution in [1.29, 1.82) is 0 Å². The first-order valence-corrected chi connectivity index (χ1v) is 9.24. The Morgan fingerprint density at radius 3 is 2.83 bits per heavy atom. The van der Waals surface area contributed by atoms with Gasteiger partial charge in [0.05, 0.1) is 16.7 Å². The third-order valence-corrected chi connectivity index (χ3v) is 5.45. The standard InChI is InChI=1S/C15H17BrN4OS2/c1-3-19-14(12-5-4-8-21-12)17-20(15(19)22)10-18(2)9-11-6-7-13(16)23-11/h4-8H,3,9-10H2,1-2H3. The average molecular weight is 413 g/mol. The SMILES string of the molecule is CCn1c(-c2ccco2)nn(CN(C)Cc2ccc(Br)s2)c1=S. The zero-order valence-corrected chi connectivity index (χ0v) is 16.1. The molecule has 3 rings (SSSR count). The molecule has 0 spiro atoms. The van der Waals surface area contributed by atoms with Crippen LogP contribution in [0.4, 0.5) is 0 Å². The number of furan rings is 1. The smallest absolute Gasteiger partial charge is 0.199 e. The largest absolute Gasteiger partial charge is 0.461 e. The van der Waals surface area contributed by atoms with E-state index >= 15 is 0 Å². The lowest BCUT2D eigenvalue weighted by Crippen LogP contribution is -2.22. The Bertz CT molecular complexity index is 834. The molecule has 0 radical (unpaired) electrons. The van der Waals surface area contributed by atoms with E-state index in [1.54, 1.807) is 17.6 Å². The topological polar surface area (TPSA) is 39.1 Å².